The van der Waals surface area contributed by atoms with Crippen molar-refractivity contribution in [2.24, 2.45) is 0 Å². The summed E-state index contributed by atoms with van der Waals surface area (Å²) in [5.74, 6) is 0. The van der Waals surface area contributed by atoms with Gasteiger partial charge < -0.3 is 9.47 Å². The molecule has 0 spiro atoms. The van der Waals surface area contributed by atoms with E-state index in [0.717, 1.165) is 26.1 Å². The van der Waals surface area contributed by atoms with Gasteiger partial charge in [-0.1, -0.05) is 19.6 Å². The molecule has 0 aliphatic carbocycles. The van der Waals surface area contributed by atoms with E-state index < -0.39 is 8.07 Å². The van der Waals surface area contributed by atoms with Crippen LogP contribution in [0.5, 0.6) is 0 Å². The van der Waals surface area contributed by atoms with Crippen molar-refractivity contribution in [2.45, 2.75) is 37.7 Å². The van der Waals surface area contributed by atoms with Crippen molar-refractivity contribution in [1.29, 1.82) is 0 Å². The average molecular weight is 188 g/mol. The molecule has 72 valence electrons. The first-order chi connectivity index (χ1) is 5.52. The molecule has 0 N–H and O–H groups in total. The van der Waals surface area contributed by atoms with Gasteiger partial charge >= 0.3 is 0 Å². The summed E-state index contributed by atoms with van der Waals surface area (Å²) in [4.78, 5) is 0. The highest BCUT2D eigenvalue weighted by Crippen LogP contribution is 2.33. The summed E-state index contributed by atoms with van der Waals surface area (Å²) in [6.45, 7) is 8.88. The maximum absolute atomic E-state index is 5.72. The molecule has 0 bridgehead atoms. The van der Waals surface area contributed by atoms with Crippen LogP contribution in [0.2, 0.25) is 19.6 Å². The van der Waals surface area contributed by atoms with Gasteiger partial charge in [0.15, 0.2) is 0 Å². The van der Waals surface area contributed by atoms with Crippen molar-refractivity contribution < 1.29 is 9.47 Å². The van der Waals surface area contributed by atoms with Crippen LogP contribution in [-0.2, 0) is 9.47 Å². The van der Waals surface area contributed by atoms with Crippen molar-refractivity contribution >= 4 is 8.07 Å². The molecule has 0 aromatic heterocycles. The van der Waals surface area contributed by atoms with E-state index in [9.17, 15) is 0 Å². The zero-order valence-corrected chi connectivity index (χ0v) is 9.64. The SMILES string of the molecule is COC1([Si](C)(C)C)CCOCC1. The van der Waals surface area contributed by atoms with Crippen LogP contribution in [0, 0.1) is 0 Å². The van der Waals surface area contributed by atoms with E-state index in [1.54, 1.807) is 0 Å². The predicted octanol–water partition coefficient (Wildman–Crippen LogP) is 2.06. The second kappa shape index (κ2) is 3.48. The topological polar surface area (TPSA) is 18.5 Å². The third kappa shape index (κ3) is 1.73. The Balaban J connectivity index is 2.73. The molecule has 1 fully saturated rings. The van der Waals surface area contributed by atoms with Gasteiger partial charge in [0.1, 0.15) is 0 Å². The second-order valence-electron chi connectivity index (χ2n) is 4.56. The van der Waals surface area contributed by atoms with Gasteiger partial charge in [0, 0.05) is 20.3 Å². The maximum Gasteiger partial charge on any atom is 0.0826 e. The van der Waals surface area contributed by atoms with Crippen molar-refractivity contribution in [3.8, 4) is 0 Å². The van der Waals surface area contributed by atoms with Crippen LogP contribution in [0.4, 0.5) is 0 Å². The third-order valence-electron chi connectivity index (χ3n) is 3.06. The van der Waals surface area contributed by atoms with Crippen molar-refractivity contribution in [3.63, 3.8) is 0 Å². The summed E-state index contributed by atoms with van der Waals surface area (Å²) in [7, 11) is 0.642. The van der Waals surface area contributed by atoms with Gasteiger partial charge in [-0.05, 0) is 12.8 Å². The van der Waals surface area contributed by atoms with Crippen LogP contribution in [0.15, 0.2) is 0 Å². The van der Waals surface area contributed by atoms with Gasteiger partial charge in [0.25, 0.3) is 0 Å². The molecular formula is C9H20O2Si. The predicted molar refractivity (Wildman–Crippen MR) is 53.1 cm³/mol. The summed E-state index contributed by atoms with van der Waals surface area (Å²) in [5, 5.41) is 0.172. The molecule has 1 saturated heterocycles. The smallest absolute Gasteiger partial charge is 0.0826 e. The Morgan fingerprint density at radius 3 is 1.92 bits per heavy atom. The molecule has 0 amide bonds. The van der Waals surface area contributed by atoms with E-state index in [0.29, 0.717) is 0 Å². The number of rotatable bonds is 2. The van der Waals surface area contributed by atoms with Gasteiger partial charge in [-0.25, -0.2) is 0 Å². The molecule has 0 aromatic rings. The van der Waals surface area contributed by atoms with Crippen molar-refractivity contribution in [2.75, 3.05) is 20.3 Å². The fourth-order valence-corrected chi connectivity index (χ4v) is 4.28. The lowest BCUT2D eigenvalue weighted by Gasteiger charge is -2.45. The summed E-state index contributed by atoms with van der Waals surface area (Å²) in [6.07, 6.45) is 2.17. The van der Waals surface area contributed by atoms with Crippen LogP contribution in [-0.4, -0.2) is 33.6 Å². The molecule has 1 aliphatic heterocycles. The molecule has 0 radical (unpaired) electrons. The summed E-state index contributed by atoms with van der Waals surface area (Å²) in [5.41, 5.74) is 0. The van der Waals surface area contributed by atoms with Crippen LogP contribution in [0.1, 0.15) is 12.8 Å². The van der Waals surface area contributed by atoms with Gasteiger partial charge in [0.05, 0.1) is 13.3 Å². The standard InChI is InChI=1S/C9H20O2Si/c1-10-9(12(2,3)4)5-7-11-8-6-9/h5-8H2,1-4H3. The van der Waals surface area contributed by atoms with E-state index >= 15 is 0 Å². The first kappa shape index (κ1) is 10.2. The Bertz CT molecular complexity index is 145. The number of ether oxygens (including phenoxy) is 2. The lowest BCUT2D eigenvalue weighted by atomic mass is 10.1. The summed E-state index contributed by atoms with van der Waals surface area (Å²) < 4.78 is 11.1. The average Bonchev–Trinajstić information content (AvgIpc) is 2.04. The Hall–Kier alpha value is 0.137. The Labute approximate surface area is 76.3 Å². The molecule has 0 saturated carbocycles. The molecule has 2 nitrogen and oxygen atoms in total. The molecule has 0 atom stereocenters. The fourth-order valence-electron chi connectivity index (χ4n) is 1.96. The lowest BCUT2D eigenvalue weighted by Crippen LogP contribution is -2.56. The lowest BCUT2D eigenvalue weighted by molar-refractivity contribution is -0.0440. The van der Waals surface area contributed by atoms with E-state index in [1.807, 2.05) is 7.11 Å². The maximum atomic E-state index is 5.72. The summed E-state index contributed by atoms with van der Waals surface area (Å²) >= 11 is 0. The molecular weight excluding hydrogens is 168 g/mol. The molecule has 3 heteroatoms. The Morgan fingerprint density at radius 2 is 1.67 bits per heavy atom. The van der Waals surface area contributed by atoms with Crippen molar-refractivity contribution in [3.05, 3.63) is 0 Å². The second-order valence-corrected chi connectivity index (χ2v) is 9.97. The Morgan fingerprint density at radius 1 is 1.17 bits per heavy atom. The highest BCUT2D eigenvalue weighted by molar-refractivity contribution is 6.79. The van der Waals surface area contributed by atoms with Crippen LogP contribution in [0.3, 0.4) is 0 Å². The van der Waals surface area contributed by atoms with E-state index in [-0.39, 0.29) is 5.22 Å². The van der Waals surface area contributed by atoms with Gasteiger partial charge in [-0.3, -0.25) is 0 Å². The monoisotopic (exact) mass is 188 g/mol. The van der Waals surface area contributed by atoms with Crippen molar-refractivity contribution in [1.82, 2.24) is 0 Å². The zero-order chi connectivity index (χ0) is 9.24. The number of hydrogen-bond donors (Lipinski definition) is 0. The molecule has 12 heavy (non-hydrogen) atoms. The van der Waals surface area contributed by atoms with E-state index in [4.69, 9.17) is 9.47 Å². The highest BCUT2D eigenvalue weighted by atomic mass is 28.3. The van der Waals surface area contributed by atoms with Crippen LogP contribution >= 0.6 is 0 Å². The van der Waals surface area contributed by atoms with Crippen LogP contribution < -0.4 is 0 Å². The van der Waals surface area contributed by atoms with Gasteiger partial charge in [0.2, 0.25) is 0 Å². The minimum absolute atomic E-state index is 0.172. The first-order valence-corrected chi connectivity index (χ1v) is 8.15. The molecule has 1 heterocycles. The fraction of sp³-hybridized carbons (Fsp3) is 1.00. The molecule has 1 rings (SSSR count). The normalized spacial score (nSPS) is 24.0. The molecule has 0 unspecified atom stereocenters. The molecule has 1 aliphatic rings. The summed E-state index contributed by atoms with van der Waals surface area (Å²) in [6, 6.07) is 0. The van der Waals surface area contributed by atoms with E-state index in [1.165, 1.54) is 0 Å². The minimum atomic E-state index is -1.21. The Kier molecular flexibility index (Phi) is 2.96. The minimum Gasteiger partial charge on any atom is -0.382 e. The first-order valence-electron chi connectivity index (χ1n) is 4.65. The number of methoxy groups -OCH3 is 1. The highest BCUT2D eigenvalue weighted by Gasteiger charge is 2.44. The molecule has 0 aromatic carbocycles. The van der Waals surface area contributed by atoms with Gasteiger partial charge in [-0.15, -0.1) is 0 Å². The van der Waals surface area contributed by atoms with Crippen LogP contribution in [0.25, 0.3) is 0 Å². The quantitative estimate of drug-likeness (QED) is 0.618. The zero-order valence-electron chi connectivity index (χ0n) is 8.64. The van der Waals surface area contributed by atoms with E-state index in [2.05, 4.69) is 19.6 Å². The third-order valence-corrected chi connectivity index (χ3v) is 6.50. The van der Waals surface area contributed by atoms with Gasteiger partial charge in [-0.2, -0.15) is 0 Å². The largest absolute Gasteiger partial charge is 0.382 e. The number of hydrogen-bond acceptors (Lipinski definition) is 2.